The molecule has 1 fully saturated rings. The van der Waals surface area contributed by atoms with Crippen LogP contribution in [0.1, 0.15) is 41.2 Å². The fourth-order valence-corrected chi connectivity index (χ4v) is 4.72. The van der Waals surface area contributed by atoms with Gasteiger partial charge in [-0.25, -0.2) is 9.97 Å². The maximum atomic E-state index is 12.8. The van der Waals surface area contributed by atoms with Crippen LogP contribution in [-0.4, -0.2) is 45.7 Å². The van der Waals surface area contributed by atoms with Gasteiger partial charge < -0.3 is 15.0 Å². The first-order chi connectivity index (χ1) is 14.4. The molecule has 1 aliphatic heterocycles. The van der Waals surface area contributed by atoms with Gasteiger partial charge in [-0.05, 0) is 45.4 Å². The molecule has 2 unspecified atom stereocenters. The number of nitrogens with one attached hydrogen (secondary N) is 1. The van der Waals surface area contributed by atoms with E-state index in [2.05, 4.69) is 34.0 Å². The molecule has 0 saturated carbocycles. The van der Waals surface area contributed by atoms with Gasteiger partial charge in [0, 0.05) is 48.8 Å². The highest BCUT2D eigenvalue weighted by Crippen LogP contribution is 2.22. The Hall–Kier alpha value is -2.71. The Bertz CT molecular complexity index is 1000. The van der Waals surface area contributed by atoms with Crippen molar-refractivity contribution in [3.8, 4) is 5.13 Å². The maximum absolute atomic E-state index is 12.8. The van der Waals surface area contributed by atoms with Gasteiger partial charge in [0.25, 0.3) is 5.91 Å². The van der Waals surface area contributed by atoms with Crippen LogP contribution in [0.15, 0.2) is 36.0 Å². The first-order valence-corrected chi connectivity index (χ1v) is 11.0. The first-order valence-electron chi connectivity index (χ1n) is 10.1. The average molecular weight is 426 g/mol. The zero-order valence-corrected chi connectivity index (χ0v) is 18.6. The lowest BCUT2D eigenvalue weighted by molar-refractivity contribution is -0.00546. The molecule has 2 atom stereocenters. The van der Waals surface area contributed by atoms with Crippen molar-refractivity contribution in [2.75, 3.05) is 18.0 Å². The Kier molecular flexibility index (Phi) is 5.87. The van der Waals surface area contributed by atoms with E-state index in [0.29, 0.717) is 12.1 Å². The van der Waals surface area contributed by atoms with Crippen LogP contribution < -0.4 is 10.2 Å². The lowest BCUT2D eigenvalue weighted by Gasteiger charge is -2.36. The standard InChI is InChI=1S/C22H27N5O2S/c1-14-9-19(17(4)27(14)22-23-7-8-30-22)21(28)25-11-18-5-6-20(24-10-18)26-12-15(2)29-16(3)13-26/h5-10,15-16H,11-13H2,1-4H3,(H,25,28). The smallest absolute Gasteiger partial charge is 0.253 e. The quantitative estimate of drug-likeness (QED) is 0.678. The molecule has 0 aliphatic carbocycles. The summed E-state index contributed by atoms with van der Waals surface area (Å²) in [5.41, 5.74) is 3.52. The van der Waals surface area contributed by atoms with Gasteiger partial charge in [-0.3, -0.25) is 9.36 Å². The van der Waals surface area contributed by atoms with Crippen molar-refractivity contribution >= 4 is 23.1 Å². The molecule has 30 heavy (non-hydrogen) atoms. The molecule has 3 aromatic rings. The number of anilines is 1. The van der Waals surface area contributed by atoms with Gasteiger partial charge in [0.15, 0.2) is 5.13 Å². The number of hydrogen-bond donors (Lipinski definition) is 1. The molecular weight excluding hydrogens is 398 g/mol. The summed E-state index contributed by atoms with van der Waals surface area (Å²) >= 11 is 1.55. The SMILES string of the molecule is Cc1cc(C(=O)NCc2ccc(N3CC(C)OC(C)C3)nc2)c(C)n1-c1nccs1. The lowest BCUT2D eigenvalue weighted by Crippen LogP contribution is -2.45. The largest absolute Gasteiger partial charge is 0.372 e. The minimum Gasteiger partial charge on any atom is -0.372 e. The average Bonchev–Trinajstić information content (AvgIpc) is 3.33. The number of amides is 1. The monoisotopic (exact) mass is 425 g/mol. The number of pyridine rings is 1. The van der Waals surface area contributed by atoms with Crippen LogP contribution in [-0.2, 0) is 11.3 Å². The molecular formula is C22H27N5O2S. The van der Waals surface area contributed by atoms with Crippen molar-refractivity contribution in [2.24, 2.45) is 0 Å². The number of thiazole rings is 1. The number of aromatic nitrogens is 3. The van der Waals surface area contributed by atoms with Crippen molar-refractivity contribution in [1.82, 2.24) is 19.9 Å². The van der Waals surface area contributed by atoms with Crippen LogP contribution in [0.25, 0.3) is 5.13 Å². The second kappa shape index (κ2) is 8.57. The number of aryl methyl sites for hydroxylation is 1. The summed E-state index contributed by atoms with van der Waals surface area (Å²) in [5, 5.41) is 5.82. The van der Waals surface area contributed by atoms with Crippen molar-refractivity contribution in [1.29, 1.82) is 0 Å². The topological polar surface area (TPSA) is 72.3 Å². The molecule has 0 radical (unpaired) electrons. The first kappa shape index (κ1) is 20.6. The fraction of sp³-hybridized carbons (Fsp3) is 0.409. The lowest BCUT2D eigenvalue weighted by atomic mass is 10.2. The molecule has 158 valence electrons. The van der Waals surface area contributed by atoms with Gasteiger partial charge in [-0.2, -0.15) is 0 Å². The predicted octanol–water partition coefficient (Wildman–Crippen LogP) is 3.49. The summed E-state index contributed by atoms with van der Waals surface area (Å²) in [4.78, 5) is 24.0. The van der Waals surface area contributed by atoms with Crippen LogP contribution in [0.2, 0.25) is 0 Å². The third kappa shape index (κ3) is 4.24. The number of carbonyl (C=O) groups excluding carboxylic acids is 1. The zero-order chi connectivity index (χ0) is 21.3. The zero-order valence-electron chi connectivity index (χ0n) is 17.8. The molecule has 8 heteroatoms. The summed E-state index contributed by atoms with van der Waals surface area (Å²) in [5.74, 6) is 0.852. The molecule has 3 aromatic heterocycles. The van der Waals surface area contributed by atoms with E-state index in [1.165, 1.54) is 0 Å². The second-order valence-corrected chi connectivity index (χ2v) is 8.68. The van der Waals surface area contributed by atoms with E-state index < -0.39 is 0 Å². The summed E-state index contributed by atoms with van der Waals surface area (Å²) < 4.78 is 7.80. The van der Waals surface area contributed by atoms with Gasteiger partial charge >= 0.3 is 0 Å². The highest BCUT2D eigenvalue weighted by atomic mass is 32.1. The van der Waals surface area contributed by atoms with Crippen molar-refractivity contribution in [3.63, 3.8) is 0 Å². The summed E-state index contributed by atoms with van der Waals surface area (Å²) in [6, 6.07) is 5.95. The van der Waals surface area contributed by atoms with E-state index in [4.69, 9.17) is 4.74 Å². The van der Waals surface area contributed by atoms with Crippen molar-refractivity contribution in [2.45, 2.75) is 46.4 Å². The number of morpholine rings is 1. The van der Waals surface area contributed by atoms with Crippen molar-refractivity contribution in [3.05, 3.63) is 58.5 Å². The molecule has 4 rings (SSSR count). The number of ether oxygens (including phenoxy) is 1. The summed E-state index contributed by atoms with van der Waals surface area (Å²) in [6.45, 7) is 10.2. The van der Waals surface area contributed by atoms with Crippen LogP contribution >= 0.6 is 11.3 Å². The van der Waals surface area contributed by atoms with E-state index >= 15 is 0 Å². The van der Waals surface area contributed by atoms with E-state index in [-0.39, 0.29) is 18.1 Å². The second-order valence-electron chi connectivity index (χ2n) is 7.80. The Morgan fingerprint density at radius 3 is 2.63 bits per heavy atom. The molecule has 7 nitrogen and oxygen atoms in total. The third-order valence-corrected chi connectivity index (χ3v) is 6.05. The van der Waals surface area contributed by atoms with Gasteiger partial charge in [0.05, 0.1) is 17.8 Å². The number of hydrogen-bond acceptors (Lipinski definition) is 6. The molecule has 1 amide bonds. The summed E-state index contributed by atoms with van der Waals surface area (Å²) in [6.07, 6.45) is 3.99. The molecule has 1 aliphatic rings. The van der Waals surface area contributed by atoms with E-state index in [1.807, 2.05) is 48.2 Å². The van der Waals surface area contributed by atoms with E-state index in [9.17, 15) is 4.79 Å². The predicted molar refractivity (Wildman–Crippen MR) is 119 cm³/mol. The highest BCUT2D eigenvalue weighted by Gasteiger charge is 2.23. The Balaban J connectivity index is 1.40. The highest BCUT2D eigenvalue weighted by molar-refractivity contribution is 7.12. The minimum absolute atomic E-state index is 0.0918. The van der Waals surface area contributed by atoms with Gasteiger partial charge in [-0.15, -0.1) is 11.3 Å². The molecule has 1 saturated heterocycles. The van der Waals surface area contributed by atoms with Gasteiger partial charge in [0.1, 0.15) is 5.82 Å². The van der Waals surface area contributed by atoms with Gasteiger partial charge in [-0.1, -0.05) is 6.07 Å². The van der Waals surface area contributed by atoms with Crippen LogP contribution in [0.4, 0.5) is 5.82 Å². The molecule has 0 bridgehead atoms. The molecule has 0 spiro atoms. The van der Waals surface area contributed by atoms with Crippen LogP contribution in [0.5, 0.6) is 0 Å². The maximum Gasteiger partial charge on any atom is 0.253 e. The molecule has 4 heterocycles. The number of rotatable bonds is 5. The number of nitrogens with zero attached hydrogens (tertiary/aromatic N) is 4. The normalized spacial score (nSPS) is 19.1. The van der Waals surface area contributed by atoms with E-state index in [0.717, 1.165) is 41.0 Å². The Morgan fingerprint density at radius 1 is 1.23 bits per heavy atom. The van der Waals surface area contributed by atoms with Gasteiger partial charge in [0.2, 0.25) is 0 Å². The molecule has 0 aromatic carbocycles. The fourth-order valence-electron chi connectivity index (χ4n) is 3.96. The number of carbonyl (C=O) groups is 1. The third-order valence-electron chi connectivity index (χ3n) is 5.29. The summed E-state index contributed by atoms with van der Waals surface area (Å²) in [7, 11) is 0. The Morgan fingerprint density at radius 2 is 2.00 bits per heavy atom. The minimum atomic E-state index is -0.0918. The van der Waals surface area contributed by atoms with E-state index in [1.54, 1.807) is 17.5 Å². The van der Waals surface area contributed by atoms with Crippen LogP contribution in [0, 0.1) is 13.8 Å². The van der Waals surface area contributed by atoms with Crippen molar-refractivity contribution < 1.29 is 9.53 Å². The molecule has 1 N–H and O–H groups in total. The Labute approximate surface area is 180 Å². The van der Waals surface area contributed by atoms with Crippen LogP contribution in [0.3, 0.4) is 0 Å².